The van der Waals surface area contributed by atoms with Crippen LogP contribution in [0.25, 0.3) is 0 Å². The van der Waals surface area contributed by atoms with Crippen LogP contribution in [0.2, 0.25) is 0 Å². The van der Waals surface area contributed by atoms with Crippen LogP contribution in [0, 0.1) is 0 Å². The Kier molecular flexibility index (Phi) is 9.86. The van der Waals surface area contributed by atoms with Crippen LogP contribution in [0.4, 0.5) is 0 Å². The van der Waals surface area contributed by atoms with Gasteiger partial charge in [-0.2, -0.15) is 0 Å². The van der Waals surface area contributed by atoms with Crippen molar-refractivity contribution in [2.45, 2.75) is 31.3 Å². The number of nitrogens with two attached hydrogens (primary N) is 1. The number of esters is 1. The molecule has 0 fully saturated rings. The zero-order valence-corrected chi connectivity index (χ0v) is 22.1. The summed E-state index contributed by atoms with van der Waals surface area (Å²) in [5.74, 6) is -0.0658. The summed E-state index contributed by atoms with van der Waals surface area (Å²) in [4.78, 5) is 23.3. The third kappa shape index (κ3) is 7.79. The molecule has 0 aliphatic carbocycles. The van der Waals surface area contributed by atoms with E-state index in [2.05, 4.69) is 53.8 Å². The molecule has 1 unspecified atom stereocenters. The van der Waals surface area contributed by atoms with E-state index < -0.39 is 5.91 Å². The first-order valence-electron chi connectivity index (χ1n) is 13.1. The lowest BCUT2D eigenvalue weighted by Crippen LogP contribution is -2.35. The van der Waals surface area contributed by atoms with E-state index >= 15 is 0 Å². The summed E-state index contributed by atoms with van der Waals surface area (Å²) in [6.07, 6.45) is 1.65. The van der Waals surface area contributed by atoms with Crippen molar-refractivity contribution in [2.75, 3.05) is 13.7 Å². The molecule has 0 saturated carbocycles. The molecule has 39 heavy (non-hydrogen) atoms. The minimum absolute atomic E-state index is 0.107. The van der Waals surface area contributed by atoms with E-state index in [1.807, 2.05) is 30.3 Å². The SMILES string of the molecule is COC(=O)c1ccc(CNC(CCCOc2cccc(C(N)=O)c2)C(c2ccccc2)c2ccccc2)cc1. The van der Waals surface area contributed by atoms with Crippen LogP contribution in [0.3, 0.4) is 0 Å². The Morgan fingerprint density at radius 1 is 0.795 bits per heavy atom. The number of primary amides is 1. The highest BCUT2D eigenvalue weighted by atomic mass is 16.5. The first kappa shape index (κ1) is 27.6. The van der Waals surface area contributed by atoms with Gasteiger partial charge in [-0.05, 0) is 59.9 Å². The van der Waals surface area contributed by atoms with E-state index in [-0.39, 0.29) is 17.9 Å². The normalized spacial score (nSPS) is 11.6. The number of hydrogen-bond acceptors (Lipinski definition) is 5. The molecule has 4 rings (SSSR count). The third-order valence-electron chi connectivity index (χ3n) is 6.71. The molecule has 4 aromatic carbocycles. The van der Waals surface area contributed by atoms with Gasteiger partial charge in [-0.25, -0.2) is 4.79 Å². The van der Waals surface area contributed by atoms with E-state index in [0.717, 1.165) is 18.4 Å². The topological polar surface area (TPSA) is 90.7 Å². The number of benzene rings is 4. The molecule has 1 amide bonds. The Hall–Kier alpha value is -4.42. The number of ether oxygens (including phenoxy) is 2. The van der Waals surface area contributed by atoms with E-state index in [0.29, 0.717) is 30.0 Å². The number of amides is 1. The maximum Gasteiger partial charge on any atom is 0.337 e. The summed E-state index contributed by atoms with van der Waals surface area (Å²) < 4.78 is 10.8. The highest BCUT2D eigenvalue weighted by molar-refractivity contribution is 5.93. The predicted octanol–water partition coefficient (Wildman–Crippen LogP) is 5.72. The quantitative estimate of drug-likeness (QED) is 0.173. The zero-order chi connectivity index (χ0) is 27.5. The van der Waals surface area contributed by atoms with Gasteiger partial charge < -0.3 is 20.5 Å². The summed E-state index contributed by atoms with van der Waals surface area (Å²) in [6, 6.07) is 35.6. The van der Waals surface area contributed by atoms with Gasteiger partial charge in [0, 0.05) is 24.1 Å². The molecule has 0 heterocycles. The van der Waals surface area contributed by atoms with E-state index in [4.69, 9.17) is 15.2 Å². The third-order valence-corrected chi connectivity index (χ3v) is 6.71. The van der Waals surface area contributed by atoms with Crippen LogP contribution in [-0.4, -0.2) is 31.6 Å². The minimum atomic E-state index is -0.474. The van der Waals surface area contributed by atoms with Gasteiger partial charge in [0.15, 0.2) is 0 Å². The Morgan fingerprint density at radius 2 is 1.44 bits per heavy atom. The van der Waals surface area contributed by atoms with Crippen molar-refractivity contribution in [2.24, 2.45) is 5.73 Å². The van der Waals surface area contributed by atoms with Crippen LogP contribution in [0.15, 0.2) is 109 Å². The smallest absolute Gasteiger partial charge is 0.337 e. The molecule has 200 valence electrons. The Balaban J connectivity index is 1.51. The highest BCUT2D eigenvalue weighted by Crippen LogP contribution is 2.30. The van der Waals surface area contributed by atoms with Crippen LogP contribution in [-0.2, 0) is 11.3 Å². The number of carbonyl (C=O) groups excluding carboxylic acids is 2. The van der Waals surface area contributed by atoms with Gasteiger partial charge in [-0.3, -0.25) is 4.79 Å². The van der Waals surface area contributed by atoms with Crippen molar-refractivity contribution in [3.05, 3.63) is 137 Å². The molecule has 0 aliphatic heterocycles. The van der Waals surface area contributed by atoms with Crippen LogP contribution < -0.4 is 15.8 Å². The number of hydrogen-bond donors (Lipinski definition) is 2. The van der Waals surface area contributed by atoms with Gasteiger partial charge in [0.1, 0.15) is 5.75 Å². The number of nitrogens with one attached hydrogen (secondary N) is 1. The van der Waals surface area contributed by atoms with Gasteiger partial charge >= 0.3 is 5.97 Å². The second-order valence-corrected chi connectivity index (χ2v) is 9.36. The molecule has 1 atom stereocenters. The summed E-state index contributed by atoms with van der Waals surface area (Å²) in [7, 11) is 1.38. The first-order chi connectivity index (χ1) is 19.0. The van der Waals surface area contributed by atoms with Gasteiger partial charge in [0.05, 0.1) is 19.3 Å². The molecular weight excluding hydrogens is 488 g/mol. The van der Waals surface area contributed by atoms with Crippen molar-refractivity contribution in [3.63, 3.8) is 0 Å². The minimum Gasteiger partial charge on any atom is -0.494 e. The maximum absolute atomic E-state index is 11.8. The summed E-state index contributed by atoms with van der Waals surface area (Å²) in [5, 5.41) is 3.79. The summed E-state index contributed by atoms with van der Waals surface area (Å²) in [5.41, 5.74) is 9.91. The van der Waals surface area contributed by atoms with Gasteiger partial charge in [-0.1, -0.05) is 78.9 Å². The van der Waals surface area contributed by atoms with Crippen molar-refractivity contribution >= 4 is 11.9 Å². The Bertz CT molecular complexity index is 1300. The molecule has 0 aromatic heterocycles. The Labute approximate surface area is 229 Å². The standard InChI is InChI=1S/C33H34N2O4/c1-38-33(37)27-19-17-24(18-20-27)23-35-30(16-9-21-39-29-15-8-14-28(22-29)32(34)36)31(25-10-4-2-5-11-25)26-12-6-3-7-13-26/h2-8,10-15,17-20,22,30-31,35H,9,16,21,23H2,1H3,(H2,34,36). The van der Waals surface area contributed by atoms with E-state index in [1.165, 1.54) is 18.2 Å². The second-order valence-electron chi connectivity index (χ2n) is 9.36. The fraction of sp³-hybridized carbons (Fsp3) is 0.212. The van der Waals surface area contributed by atoms with Crippen LogP contribution in [0.5, 0.6) is 5.75 Å². The molecule has 6 nitrogen and oxygen atoms in total. The van der Waals surface area contributed by atoms with Crippen molar-refractivity contribution in [1.29, 1.82) is 0 Å². The number of carbonyl (C=O) groups is 2. The summed E-state index contributed by atoms with van der Waals surface area (Å²) in [6.45, 7) is 1.15. The Morgan fingerprint density at radius 3 is 2.03 bits per heavy atom. The largest absolute Gasteiger partial charge is 0.494 e. The average Bonchev–Trinajstić information content (AvgIpc) is 2.99. The number of rotatable bonds is 13. The fourth-order valence-corrected chi connectivity index (χ4v) is 4.72. The van der Waals surface area contributed by atoms with Crippen molar-refractivity contribution in [1.82, 2.24) is 5.32 Å². The zero-order valence-electron chi connectivity index (χ0n) is 22.1. The molecular formula is C33H34N2O4. The molecule has 0 saturated heterocycles. The second kappa shape index (κ2) is 13.9. The molecule has 0 spiro atoms. The van der Waals surface area contributed by atoms with Crippen LogP contribution >= 0.6 is 0 Å². The molecule has 6 heteroatoms. The molecule has 0 radical (unpaired) electrons. The lowest BCUT2D eigenvalue weighted by molar-refractivity contribution is 0.0600. The average molecular weight is 523 g/mol. The fourth-order valence-electron chi connectivity index (χ4n) is 4.72. The number of methoxy groups -OCH3 is 1. The molecule has 0 bridgehead atoms. The lowest BCUT2D eigenvalue weighted by atomic mass is 9.83. The van der Waals surface area contributed by atoms with E-state index in [9.17, 15) is 9.59 Å². The predicted molar refractivity (Wildman–Crippen MR) is 153 cm³/mol. The van der Waals surface area contributed by atoms with E-state index in [1.54, 1.807) is 30.3 Å². The van der Waals surface area contributed by atoms with Gasteiger partial charge in [0.2, 0.25) is 5.91 Å². The maximum atomic E-state index is 11.8. The van der Waals surface area contributed by atoms with Crippen molar-refractivity contribution in [3.8, 4) is 5.75 Å². The van der Waals surface area contributed by atoms with Gasteiger partial charge in [0.25, 0.3) is 0 Å². The van der Waals surface area contributed by atoms with Crippen molar-refractivity contribution < 1.29 is 19.1 Å². The first-order valence-corrected chi connectivity index (χ1v) is 13.1. The van der Waals surface area contributed by atoms with Crippen LogP contribution in [0.1, 0.15) is 56.2 Å². The monoisotopic (exact) mass is 522 g/mol. The lowest BCUT2D eigenvalue weighted by Gasteiger charge is -2.30. The molecule has 0 aliphatic rings. The van der Waals surface area contributed by atoms with Gasteiger partial charge in [-0.15, -0.1) is 0 Å². The highest BCUT2D eigenvalue weighted by Gasteiger charge is 2.24. The summed E-state index contributed by atoms with van der Waals surface area (Å²) >= 11 is 0. The molecule has 3 N–H and O–H groups in total. The molecule has 4 aromatic rings.